The Morgan fingerprint density at radius 2 is 1.90 bits per heavy atom. The maximum Gasteiger partial charge on any atom is 0.573 e. The number of halogens is 4. The zero-order chi connectivity index (χ0) is 29.4. The van der Waals surface area contributed by atoms with Crippen LogP contribution in [0.2, 0.25) is 5.02 Å². The van der Waals surface area contributed by atoms with Gasteiger partial charge < -0.3 is 24.8 Å². The highest BCUT2D eigenvalue weighted by Crippen LogP contribution is 2.31. The normalized spacial score (nSPS) is 12.4. The predicted molar refractivity (Wildman–Crippen MR) is 151 cm³/mol. The third-order valence-electron chi connectivity index (χ3n) is 6.21. The van der Waals surface area contributed by atoms with Crippen molar-refractivity contribution in [3.63, 3.8) is 0 Å². The number of carbonyl (C=O) groups is 1. The maximum atomic E-state index is 12.4. The summed E-state index contributed by atoms with van der Waals surface area (Å²) in [4.78, 5) is 21.0. The number of rotatable bonds is 13. The second-order valence-electron chi connectivity index (χ2n) is 9.42. The van der Waals surface area contributed by atoms with Gasteiger partial charge in [0.1, 0.15) is 11.6 Å². The van der Waals surface area contributed by atoms with E-state index in [0.717, 1.165) is 34.6 Å². The number of esters is 1. The summed E-state index contributed by atoms with van der Waals surface area (Å²) >= 11 is 5.89. The Kier molecular flexibility index (Phi) is 10.2. The second-order valence-corrected chi connectivity index (χ2v) is 9.83. The number of hydrogen-bond acceptors (Lipinski definition) is 8. The monoisotopic (exact) mass is 590 g/mol. The van der Waals surface area contributed by atoms with Gasteiger partial charge in [-0.25, -0.2) is 9.78 Å². The Morgan fingerprint density at radius 1 is 1.07 bits per heavy atom. The molecule has 4 rings (SSSR count). The van der Waals surface area contributed by atoms with Gasteiger partial charge in [-0.2, -0.15) is 0 Å². The van der Waals surface area contributed by atoms with Crippen molar-refractivity contribution in [1.82, 2.24) is 15.3 Å². The number of anilines is 1. The van der Waals surface area contributed by atoms with Gasteiger partial charge in [-0.05, 0) is 62.2 Å². The molecule has 0 radical (unpaired) electrons. The standard InChI is InChI=1S/C29H30ClF3N4O4/c1-18(17-40-12-4-3-10-34-15-19-5-8-26(24(30)13-19)41-29(31,32)33)36-27-22-9-11-35-16-23(22)21-7-6-20(28(38)39-2)14-25(21)37-27/h5-9,11,13-14,16,18,34H,3-4,10,12,15,17H2,1-2H3,(H,36,37). The van der Waals surface area contributed by atoms with E-state index in [4.69, 9.17) is 26.1 Å². The minimum atomic E-state index is -4.78. The van der Waals surface area contributed by atoms with E-state index in [9.17, 15) is 18.0 Å². The molecule has 0 amide bonds. The van der Waals surface area contributed by atoms with Gasteiger partial charge in [0, 0.05) is 47.7 Å². The number of ether oxygens (including phenoxy) is 3. The van der Waals surface area contributed by atoms with Crippen LogP contribution in [0.1, 0.15) is 35.7 Å². The lowest BCUT2D eigenvalue weighted by Gasteiger charge is -2.17. The molecule has 8 nitrogen and oxygen atoms in total. The fourth-order valence-electron chi connectivity index (χ4n) is 4.29. The lowest BCUT2D eigenvalue weighted by molar-refractivity contribution is -0.274. The molecule has 2 aromatic heterocycles. The number of carbonyl (C=O) groups excluding carboxylic acids is 1. The van der Waals surface area contributed by atoms with E-state index < -0.39 is 18.1 Å². The first-order valence-electron chi connectivity index (χ1n) is 13.0. The van der Waals surface area contributed by atoms with Crippen molar-refractivity contribution in [3.8, 4) is 5.75 Å². The van der Waals surface area contributed by atoms with Gasteiger partial charge in [0.2, 0.25) is 0 Å². The smallest absolute Gasteiger partial charge is 0.465 e. The van der Waals surface area contributed by atoms with E-state index in [2.05, 4.69) is 20.4 Å². The van der Waals surface area contributed by atoms with E-state index in [0.29, 0.717) is 43.2 Å². The molecule has 1 atom stereocenters. The summed E-state index contributed by atoms with van der Waals surface area (Å²) in [7, 11) is 1.34. The highest BCUT2D eigenvalue weighted by atomic mass is 35.5. The van der Waals surface area contributed by atoms with Crippen LogP contribution in [0.4, 0.5) is 19.0 Å². The molecule has 0 spiro atoms. The largest absolute Gasteiger partial charge is 0.573 e. The number of unbranched alkanes of at least 4 members (excludes halogenated alkanes) is 1. The number of hydrogen-bond donors (Lipinski definition) is 2. The van der Waals surface area contributed by atoms with Crippen molar-refractivity contribution < 1.29 is 32.2 Å². The number of nitrogens with zero attached hydrogens (tertiary/aromatic N) is 2. The van der Waals surface area contributed by atoms with Crippen molar-refractivity contribution in [1.29, 1.82) is 0 Å². The average Bonchev–Trinajstić information content (AvgIpc) is 2.94. The van der Waals surface area contributed by atoms with Gasteiger partial charge in [0.15, 0.2) is 0 Å². The van der Waals surface area contributed by atoms with Gasteiger partial charge in [-0.1, -0.05) is 23.7 Å². The van der Waals surface area contributed by atoms with Gasteiger partial charge in [-0.15, -0.1) is 13.2 Å². The molecule has 0 aliphatic rings. The number of pyridine rings is 2. The van der Waals surface area contributed by atoms with Gasteiger partial charge in [-0.3, -0.25) is 4.98 Å². The number of nitrogens with one attached hydrogen (secondary N) is 2. The predicted octanol–water partition coefficient (Wildman–Crippen LogP) is 6.51. The van der Waals surface area contributed by atoms with E-state index in [1.54, 1.807) is 30.6 Å². The molecule has 2 heterocycles. The first-order valence-corrected chi connectivity index (χ1v) is 13.4. The first kappa shape index (κ1) is 30.3. The zero-order valence-corrected chi connectivity index (χ0v) is 23.3. The minimum Gasteiger partial charge on any atom is -0.465 e. The number of fused-ring (bicyclic) bond motifs is 3. The molecule has 2 aromatic carbocycles. The van der Waals surface area contributed by atoms with Crippen LogP contribution in [0.5, 0.6) is 5.75 Å². The average molecular weight is 591 g/mol. The van der Waals surface area contributed by atoms with E-state index >= 15 is 0 Å². The molecule has 0 saturated carbocycles. The maximum absolute atomic E-state index is 12.4. The molecule has 0 bridgehead atoms. The topological polar surface area (TPSA) is 94.6 Å². The Labute approximate surface area is 240 Å². The summed E-state index contributed by atoms with van der Waals surface area (Å²) in [6.07, 6.45) is 0.403. The van der Waals surface area contributed by atoms with Crippen LogP contribution in [-0.4, -0.2) is 55.2 Å². The van der Waals surface area contributed by atoms with Crippen molar-refractivity contribution in [2.75, 3.05) is 32.2 Å². The van der Waals surface area contributed by atoms with Gasteiger partial charge in [0.25, 0.3) is 0 Å². The highest BCUT2D eigenvalue weighted by molar-refractivity contribution is 6.32. The summed E-state index contributed by atoms with van der Waals surface area (Å²) in [5.41, 5.74) is 1.84. The lowest BCUT2D eigenvalue weighted by atomic mass is 10.1. The Hall–Kier alpha value is -3.67. The van der Waals surface area contributed by atoms with Gasteiger partial charge >= 0.3 is 12.3 Å². The third-order valence-corrected chi connectivity index (χ3v) is 6.51. The molecule has 218 valence electrons. The molecule has 2 N–H and O–H groups in total. The molecule has 12 heteroatoms. The lowest BCUT2D eigenvalue weighted by Crippen LogP contribution is -2.23. The molecule has 1 unspecified atom stereocenters. The van der Waals surface area contributed by atoms with Crippen LogP contribution in [0.3, 0.4) is 0 Å². The molecule has 0 aliphatic heterocycles. The van der Waals surface area contributed by atoms with Crippen LogP contribution >= 0.6 is 11.6 Å². The molecule has 4 aromatic rings. The molecule has 0 fully saturated rings. The fraction of sp³-hybridized carbons (Fsp3) is 0.345. The number of alkyl halides is 3. The van der Waals surface area contributed by atoms with E-state index in [-0.39, 0.29) is 11.1 Å². The number of benzene rings is 2. The van der Waals surface area contributed by atoms with Crippen LogP contribution in [0, 0.1) is 0 Å². The molecular formula is C29H30ClF3N4O4. The summed E-state index contributed by atoms with van der Waals surface area (Å²) in [6, 6.07) is 11.3. The molecule has 41 heavy (non-hydrogen) atoms. The number of aromatic nitrogens is 2. The first-order chi connectivity index (χ1) is 19.6. The highest BCUT2D eigenvalue weighted by Gasteiger charge is 2.32. The minimum absolute atomic E-state index is 0.0349. The Balaban J connectivity index is 1.22. The summed E-state index contributed by atoms with van der Waals surface area (Å²) < 4.78 is 51.7. The van der Waals surface area contributed by atoms with Crippen LogP contribution in [0.25, 0.3) is 21.7 Å². The van der Waals surface area contributed by atoms with Crippen LogP contribution < -0.4 is 15.4 Å². The SMILES string of the molecule is COC(=O)c1ccc2c(c1)nc(NC(C)COCCCCNCc1ccc(OC(F)(F)F)c(Cl)c1)c1ccncc12. The van der Waals surface area contributed by atoms with Crippen LogP contribution in [-0.2, 0) is 16.0 Å². The van der Waals surface area contributed by atoms with Crippen molar-refractivity contribution >= 4 is 45.1 Å². The molecule has 0 saturated heterocycles. The van der Waals surface area contributed by atoms with Crippen LogP contribution in [0.15, 0.2) is 54.9 Å². The van der Waals surface area contributed by atoms with Gasteiger partial charge in [0.05, 0.1) is 29.8 Å². The van der Waals surface area contributed by atoms with E-state index in [1.807, 2.05) is 19.1 Å². The van der Waals surface area contributed by atoms with Crippen molar-refractivity contribution in [3.05, 3.63) is 71.0 Å². The van der Waals surface area contributed by atoms with Crippen molar-refractivity contribution in [2.45, 2.75) is 38.7 Å². The Morgan fingerprint density at radius 3 is 2.66 bits per heavy atom. The Bertz CT molecular complexity index is 1500. The fourth-order valence-corrected chi connectivity index (χ4v) is 4.53. The number of methoxy groups -OCH3 is 1. The molecule has 0 aliphatic carbocycles. The quantitative estimate of drug-likeness (QED) is 0.103. The molecular weight excluding hydrogens is 561 g/mol. The second kappa shape index (κ2) is 13.8. The zero-order valence-electron chi connectivity index (χ0n) is 22.6. The summed E-state index contributed by atoms with van der Waals surface area (Å²) in [6.45, 7) is 4.22. The summed E-state index contributed by atoms with van der Waals surface area (Å²) in [5.74, 6) is -0.169. The summed E-state index contributed by atoms with van der Waals surface area (Å²) in [5, 5.41) is 9.29. The third kappa shape index (κ3) is 8.42. The van der Waals surface area contributed by atoms with E-state index in [1.165, 1.54) is 19.2 Å². The van der Waals surface area contributed by atoms with Crippen molar-refractivity contribution in [2.24, 2.45) is 0 Å².